The van der Waals surface area contributed by atoms with Crippen molar-refractivity contribution < 1.29 is 13.2 Å². The van der Waals surface area contributed by atoms with Gasteiger partial charge >= 0.3 is 0 Å². The molecule has 1 aliphatic rings. The maximum atomic E-state index is 12.3. The molecule has 5 nitrogen and oxygen atoms in total. The van der Waals surface area contributed by atoms with E-state index < -0.39 is 16.1 Å². The first-order chi connectivity index (χ1) is 10.9. The molecule has 1 atom stereocenters. The van der Waals surface area contributed by atoms with E-state index in [1.54, 1.807) is 26.0 Å². The zero-order valence-electron chi connectivity index (χ0n) is 13.8. The van der Waals surface area contributed by atoms with Gasteiger partial charge in [-0.15, -0.1) is 0 Å². The van der Waals surface area contributed by atoms with Gasteiger partial charge in [-0.25, -0.2) is 8.42 Å². The van der Waals surface area contributed by atoms with Crippen LogP contribution in [0.4, 0.5) is 0 Å². The zero-order valence-corrected chi connectivity index (χ0v) is 14.7. The van der Waals surface area contributed by atoms with Crippen LogP contribution in [0, 0.1) is 0 Å². The van der Waals surface area contributed by atoms with Crippen LogP contribution in [-0.4, -0.2) is 26.9 Å². The van der Waals surface area contributed by atoms with Gasteiger partial charge in [-0.3, -0.25) is 4.79 Å². The largest absolute Gasteiger partial charge is 0.355 e. The van der Waals surface area contributed by atoms with E-state index >= 15 is 0 Å². The number of amides is 1. The lowest BCUT2D eigenvalue weighted by atomic mass is 9.84. The minimum Gasteiger partial charge on any atom is -0.355 e. The van der Waals surface area contributed by atoms with Crippen LogP contribution in [-0.2, 0) is 14.8 Å². The summed E-state index contributed by atoms with van der Waals surface area (Å²) >= 11 is 0. The van der Waals surface area contributed by atoms with Crippen LogP contribution in [0.5, 0.6) is 0 Å². The Balaban J connectivity index is 2.06. The van der Waals surface area contributed by atoms with Crippen LogP contribution >= 0.6 is 0 Å². The summed E-state index contributed by atoms with van der Waals surface area (Å²) in [4.78, 5) is 11.9. The highest BCUT2D eigenvalue weighted by Crippen LogP contribution is 2.32. The lowest BCUT2D eigenvalue weighted by molar-refractivity contribution is -0.122. The standard InChI is InChI=1S/C17H26N2O3S/c1-3-18-17(20)13(2)19-23(21,22)16-11-9-15(10-12-16)14-7-5-4-6-8-14/h9-14,19H,3-8H2,1-2H3,(H,18,20). The summed E-state index contributed by atoms with van der Waals surface area (Å²) in [7, 11) is -3.68. The van der Waals surface area contributed by atoms with E-state index in [1.165, 1.54) is 37.7 Å². The van der Waals surface area contributed by atoms with Gasteiger partial charge in [0, 0.05) is 6.54 Å². The lowest BCUT2D eigenvalue weighted by Gasteiger charge is -2.22. The molecule has 0 radical (unpaired) electrons. The fourth-order valence-electron chi connectivity index (χ4n) is 3.04. The Morgan fingerprint density at radius 2 is 1.78 bits per heavy atom. The van der Waals surface area contributed by atoms with Crippen LogP contribution in [0.3, 0.4) is 0 Å². The monoisotopic (exact) mass is 338 g/mol. The van der Waals surface area contributed by atoms with Gasteiger partial charge < -0.3 is 5.32 Å². The van der Waals surface area contributed by atoms with Crippen LogP contribution in [0.2, 0.25) is 0 Å². The highest BCUT2D eigenvalue weighted by molar-refractivity contribution is 7.89. The Bertz CT molecular complexity index is 620. The molecule has 1 aromatic rings. The van der Waals surface area contributed by atoms with E-state index in [0.717, 1.165) is 0 Å². The number of carbonyl (C=O) groups excluding carboxylic acids is 1. The number of nitrogens with one attached hydrogen (secondary N) is 2. The average Bonchev–Trinajstić information content (AvgIpc) is 2.55. The molecule has 128 valence electrons. The summed E-state index contributed by atoms with van der Waals surface area (Å²) in [5, 5.41) is 2.61. The maximum Gasteiger partial charge on any atom is 0.241 e. The second kappa shape index (κ2) is 7.93. The molecule has 2 N–H and O–H groups in total. The van der Waals surface area contributed by atoms with Crippen molar-refractivity contribution in [2.75, 3.05) is 6.54 Å². The molecule has 1 saturated carbocycles. The molecular weight excluding hydrogens is 312 g/mol. The van der Waals surface area contributed by atoms with Gasteiger partial charge in [-0.1, -0.05) is 31.4 Å². The summed E-state index contributed by atoms with van der Waals surface area (Å²) in [5.41, 5.74) is 1.21. The number of hydrogen-bond donors (Lipinski definition) is 2. The van der Waals surface area contributed by atoms with Gasteiger partial charge in [-0.2, -0.15) is 4.72 Å². The molecule has 2 rings (SSSR count). The Labute approximate surface area is 138 Å². The van der Waals surface area contributed by atoms with E-state index in [0.29, 0.717) is 12.5 Å². The van der Waals surface area contributed by atoms with E-state index in [1.807, 2.05) is 12.1 Å². The Morgan fingerprint density at radius 1 is 1.17 bits per heavy atom. The van der Waals surface area contributed by atoms with E-state index in [4.69, 9.17) is 0 Å². The third-order valence-electron chi connectivity index (χ3n) is 4.34. The molecule has 1 aliphatic carbocycles. The van der Waals surface area contributed by atoms with Crippen molar-refractivity contribution in [1.82, 2.24) is 10.0 Å². The third-order valence-corrected chi connectivity index (χ3v) is 5.90. The number of hydrogen-bond acceptors (Lipinski definition) is 3. The van der Waals surface area contributed by atoms with Gasteiger partial charge in [-0.05, 0) is 50.3 Å². The number of benzene rings is 1. The predicted molar refractivity (Wildman–Crippen MR) is 90.7 cm³/mol. The number of carbonyl (C=O) groups is 1. The molecule has 1 aromatic carbocycles. The second-order valence-corrected chi connectivity index (χ2v) is 7.86. The molecule has 23 heavy (non-hydrogen) atoms. The summed E-state index contributed by atoms with van der Waals surface area (Å²) in [6.45, 7) is 3.81. The van der Waals surface area contributed by atoms with Gasteiger partial charge in [0.2, 0.25) is 15.9 Å². The highest BCUT2D eigenvalue weighted by Gasteiger charge is 2.22. The fourth-order valence-corrected chi connectivity index (χ4v) is 4.24. The zero-order chi connectivity index (χ0) is 16.9. The van der Waals surface area contributed by atoms with Crippen LogP contribution in [0.1, 0.15) is 57.4 Å². The predicted octanol–water partition coefficient (Wildman–Crippen LogP) is 2.54. The number of rotatable bonds is 6. The first-order valence-electron chi connectivity index (χ1n) is 8.34. The smallest absolute Gasteiger partial charge is 0.241 e. The van der Waals surface area contributed by atoms with E-state index in [2.05, 4.69) is 10.0 Å². The fraction of sp³-hybridized carbons (Fsp3) is 0.588. The molecule has 1 amide bonds. The Morgan fingerprint density at radius 3 is 2.35 bits per heavy atom. The van der Waals surface area contributed by atoms with Crippen LogP contribution in [0.25, 0.3) is 0 Å². The van der Waals surface area contributed by atoms with Crippen molar-refractivity contribution in [1.29, 1.82) is 0 Å². The summed E-state index contributed by atoms with van der Waals surface area (Å²) < 4.78 is 27.1. The van der Waals surface area contributed by atoms with Crippen LogP contribution < -0.4 is 10.0 Å². The van der Waals surface area contributed by atoms with Crippen molar-refractivity contribution in [3.63, 3.8) is 0 Å². The maximum absolute atomic E-state index is 12.3. The van der Waals surface area contributed by atoms with Gasteiger partial charge in [0.1, 0.15) is 0 Å². The second-order valence-electron chi connectivity index (χ2n) is 6.14. The average molecular weight is 338 g/mol. The molecule has 1 fully saturated rings. The third kappa shape index (κ3) is 4.78. The first-order valence-corrected chi connectivity index (χ1v) is 9.82. The van der Waals surface area contributed by atoms with Crippen molar-refractivity contribution in [2.24, 2.45) is 0 Å². The number of sulfonamides is 1. The molecule has 1 unspecified atom stereocenters. The minimum absolute atomic E-state index is 0.202. The normalized spacial score (nSPS) is 17.7. The summed E-state index contributed by atoms with van der Waals surface area (Å²) in [5.74, 6) is 0.220. The van der Waals surface area contributed by atoms with Gasteiger partial charge in [0.25, 0.3) is 0 Å². The van der Waals surface area contributed by atoms with Gasteiger partial charge in [0.15, 0.2) is 0 Å². The lowest BCUT2D eigenvalue weighted by Crippen LogP contribution is -2.44. The van der Waals surface area contributed by atoms with Crippen molar-refractivity contribution >= 4 is 15.9 Å². The van der Waals surface area contributed by atoms with Gasteiger partial charge in [0.05, 0.1) is 10.9 Å². The Hall–Kier alpha value is -1.40. The van der Waals surface area contributed by atoms with Crippen LogP contribution in [0.15, 0.2) is 29.2 Å². The summed E-state index contributed by atoms with van der Waals surface area (Å²) in [6, 6.07) is 6.29. The molecule has 0 spiro atoms. The van der Waals surface area contributed by atoms with Crippen molar-refractivity contribution in [3.05, 3.63) is 29.8 Å². The first kappa shape index (κ1) is 17.9. The van der Waals surface area contributed by atoms with Crippen molar-refractivity contribution in [2.45, 2.75) is 62.8 Å². The van der Waals surface area contributed by atoms with E-state index in [-0.39, 0.29) is 10.8 Å². The highest BCUT2D eigenvalue weighted by atomic mass is 32.2. The SMILES string of the molecule is CCNC(=O)C(C)NS(=O)(=O)c1ccc(C2CCCCC2)cc1. The summed E-state index contributed by atoms with van der Waals surface area (Å²) in [6.07, 6.45) is 6.15. The Kier molecular flexibility index (Phi) is 6.18. The number of likely N-dealkylation sites (N-methyl/N-ethyl adjacent to an activating group) is 1. The molecule has 0 heterocycles. The quantitative estimate of drug-likeness (QED) is 0.837. The molecule has 0 saturated heterocycles. The molecular formula is C17H26N2O3S. The molecule has 0 aromatic heterocycles. The van der Waals surface area contributed by atoms with Crippen molar-refractivity contribution in [3.8, 4) is 0 Å². The molecule has 6 heteroatoms. The minimum atomic E-state index is -3.68. The topological polar surface area (TPSA) is 75.3 Å². The molecule has 0 bridgehead atoms. The van der Waals surface area contributed by atoms with E-state index in [9.17, 15) is 13.2 Å². The molecule has 0 aliphatic heterocycles.